The van der Waals surface area contributed by atoms with E-state index in [1.165, 1.54) is 0 Å². The van der Waals surface area contributed by atoms with Crippen LogP contribution in [-0.2, 0) is 4.79 Å². The number of nitrogen functional groups attached to an aromatic ring is 1. The van der Waals surface area contributed by atoms with E-state index in [0.717, 1.165) is 37.6 Å². The van der Waals surface area contributed by atoms with Crippen molar-refractivity contribution in [3.8, 4) is 0 Å². The lowest BCUT2D eigenvalue weighted by molar-refractivity contribution is -0.123. The van der Waals surface area contributed by atoms with Gasteiger partial charge in [0.1, 0.15) is 0 Å². The Kier molecular flexibility index (Phi) is 4.73. The minimum absolute atomic E-state index is 0.0971. The Morgan fingerprint density at radius 3 is 2.48 bits per heavy atom. The quantitative estimate of drug-likeness (QED) is 0.824. The second kappa shape index (κ2) is 6.35. The van der Waals surface area contributed by atoms with E-state index in [-0.39, 0.29) is 11.4 Å². The highest BCUT2D eigenvalue weighted by Gasteiger charge is 2.21. The Hall–Kier alpha value is -1.75. The predicted molar refractivity (Wildman–Crippen MR) is 87.4 cm³/mol. The molecule has 1 heterocycles. The molecule has 0 radical (unpaired) electrons. The smallest absolute Gasteiger partial charge is 0.234 e. The number of hydrogen-bond acceptors (Lipinski definition) is 4. The second-order valence-electron chi connectivity index (χ2n) is 6.66. The molecule has 0 atom stereocenters. The van der Waals surface area contributed by atoms with Gasteiger partial charge in [-0.05, 0) is 39.0 Å². The standard InChI is InChI=1S/C16H26N4O/c1-16(2,3)18-15(21)12-19-7-9-20(10-8-19)14-6-4-5-13(17)11-14/h4-6,11H,7-10,12,17H2,1-3H3,(H,18,21). The van der Waals surface area contributed by atoms with Gasteiger partial charge in [0.15, 0.2) is 0 Å². The molecule has 0 aliphatic carbocycles. The molecule has 1 aliphatic rings. The minimum Gasteiger partial charge on any atom is -0.399 e. The molecular weight excluding hydrogens is 264 g/mol. The van der Waals surface area contributed by atoms with Crippen LogP contribution in [0.25, 0.3) is 0 Å². The molecule has 3 N–H and O–H groups in total. The summed E-state index contributed by atoms with van der Waals surface area (Å²) < 4.78 is 0. The van der Waals surface area contributed by atoms with Crippen molar-refractivity contribution >= 4 is 17.3 Å². The number of carbonyl (C=O) groups excluding carboxylic acids is 1. The average molecular weight is 290 g/mol. The zero-order chi connectivity index (χ0) is 15.5. The Balaban J connectivity index is 1.82. The first-order valence-corrected chi connectivity index (χ1v) is 7.47. The van der Waals surface area contributed by atoms with Crippen molar-refractivity contribution in [1.29, 1.82) is 0 Å². The number of nitrogens with zero attached hydrogens (tertiary/aromatic N) is 2. The van der Waals surface area contributed by atoms with Crippen LogP contribution < -0.4 is 16.0 Å². The molecule has 2 rings (SSSR count). The number of nitrogens with two attached hydrogens (primary N) is 1. The summed E-state index contributed by atoms with van der Waals surface area (Å²) in [6.07, 6.45) is 0. The molecule has 1 fully saturated rings. The normalized spacial score (nSPS) is 16.8. The number of piperazine rings is 1. The van der Waals surface area contributed by atoms with Gasteiger partial charge in [-0.2, -0.15) is 0 Å². The van der Waals surface area contributed by atoms with Crippen molar-refractivity contribution in [3.63, 3.8) is 0 Å². The summed E-state index contributed by atoms with van der Waals surface area (Å²) in [5.41, 5.74) is 7.61. The van der Waals surface area contributed by atoms with Crippen LogP contribution in [-0.4, -0.2) is 49.1 Å². The monoisotopic (exact) mass is 290 g/mol. The summed E-state index contributed by atoms with van der Waals surface area (Å²) in [6, 6.07) is 7.96. The van der Waals surface area contributed by atoms with Gasteiger partial charge in [-0.3, -0.25) is 9.69 Å². The van der Waals surface area contributed by atoms with Crippen LogP contribution in [0.2, 0.25) is 0 Å². The molecule has 21 heavy (non-hydrogen) atoms. The van der Waals surface area contributed by atoms with Crippen LogP contribution >= 0.6 is 0 Å². The maximum atomic E-state index is 11.9. The Labute approximate surface area is 127 Å². The molecule has 1 amide bonds. The first-order chi connectivity index (χ1) is 9.83. The first kappa shape index (κ1) is 15.6. The van der Waals surface area contributed by atoms with Crippen molar-refractivity contribution in [2.45, 2.75) is 26.3 Å². The van der Waals surface area contributed by atoms with Crippen LogP contribution in [0, 0.1) is 0 Å². The molecule has 0 saturated carbocycles. The van der Waals surface area contributed by atoms with E-state index in [1.807, 2.05) is 39.0 Å². The summed E-state index contributed by atoms with van der Waals surface area (Å²) in [5, 5.41) is 3.01. The topological polar surface area (TPSA) is 61.6 Å². The van der Waals surface area contributed by atoms with Crippen LogP contribution in [0.4, 0.5) is 11.4 Å². The number of benzene rings is 1. The minimum atomic E-state index is -0.166. The fourth-order valence-corrected chi connectivity index (χ4v) is 2.55. The van der Waals surface area contributed by atoms with E-state index < -0.39 is 0 Å². The highest BCUT2D eigenvalue weighted by Crippen LogP contribution is 2.19. The van der Waals surface area contributed by atoms with E-state index in [9.17, 15) is 4.79 Å². The molecule has 1 aromatic rings. The molecule has 5 nitrogen and oxygen atoms in total. The Morgan fingerprint density at radius 1 is 1.24 bits per heavy atom. The third kappa shape index (κ3) is 4.93. The summed E-state index contributed by atoms with van der Waals surface area (Å²) in [4.78, 5) is 16.5. The van der Waals surface area contributed by atoms with E-state index in [0.29, 0.717) is 6.54 Å². The van der Waals surface area contributed by atoms with Crippen molar-refractivity contribution in [3.05, 3.63) is 24.3 Å². The number of carbonyl (C=O) groups is 1. The molecular formula is C16H26N4O. The summed E-state index contributed by atoms with van der Waals surface area (Å²) >= 11 is 0. The maximum absolute atomic E-state index is 11.9. The van der Waals surface area contributed by atoms with Gasteiger partial charge in [0.25, 0.3) is 0 Å². The van der Waals surface area contributed by atoms with Gasteiger partial charge in [-0.15, -0.1) is 0 Å². The lowest BCUT2D eigenvalue weighted by Crippen LogP contribution is -2.51. The van der Waals surface area contributed by atoms with Crippen molar-refractivity contribution in [2.24, 2.45) is 0 Å². The maximum Gasteiger partial charge on any atom is 0.234 e. The number of anilines is 2. The number of nitrogens with one attached hydrogen (secondary N) is 1. The van der Waals surface area contributed by atoms with Crippen molar-refractivity contribution in [1.82, 2.24) is 10.2 Å². The SMILES string of the molecule is CC(C)(C)NC(=O)CN1CCN(c2cccc(N)c2)CC1. The van der Waals surface area contributed by atoms with Gasteiger partial charge in [0.2, 0.25) is 5.91 Å². The molecule has 0 spiro atoms. The molecule has 1 saturated heterocycles. The van der Waals surface area contributed by atoms with Gasteiger partial charge in [-0.1, -0.05) is 6.07 Å². The second-order valence-corrected chi connectivity index (χ2v) is 6.66. The number of amides is 1. The number of hydrogen-bond donors (Lipinski definition) is 2. The zero-order valence-corrected chi connectivity index (χ0v) is 13.2. The fourth-order valence-electron chi connectivity index (χ4n) is 2.55. The van der Waals surface area contributed by atoms with Crippen molar-refractivity contribution < 1.29 is 4.79 Å². The molecule has 0 aromatic heterocycles. The molecule has 0 bridgehead atoms. The lowest BCUT2D eigenvalue weighted by Gasteiger charge is -2.36. The highest BCUT2D eigenvalue weighted by molar-refractivity contribution is 5.78. The molecule has 1 aliphatic heterocycles. The predicted octanol–water partition coefficient (Wildman–Crippen LogP) is 1.31. The molecule has 0 unspecified atom stereocenters. The Morgan fingerprint density at radius 2 is 1.90 bits per heavy atom. The molecule has 116 valence electrons. The average Bonchev–Trinajstić information content (AvgIpc) is 2.37. The van der Waals surface area contributed by atoms with Gasteiger partial charge in [0.05, 0.1) is 6.54 Å². The molecule has 5 heteroatoms. The van der Waals surface area contributed by atoms with Gasteiger partial charge >= 0.3 is 0 Å². The van der Waals surface area contributed by atoms with Crippen LogP contribution in [0.15, 0.2) is 24.3 Å². The summed E-state index contributed by atoms with van der Waals surface area (Å²) in [6.45, 7) is 10.1. The van der Waals surface area contributed by atoms with E-state index in [4.69, 9.17) is 5.73 Å². The van der Waals surface area contributed by atoms with Gasteiger partial charge < -0.3 is 16.0 Å². The van der Waals surface area contributed by atoms with Crippen molar-refractivity contribution in [2.75, 3.05) is 43.4 Å². The van der Waals surface area contributed by atoms with Crippen LogP contribution in [0.5, 0.6) is 0 Å². The Bertz CT molecular complexity index is 487. The van der Waals surface area contributed by atoms with E-state index >= 15 is 0 Å². The van der Waals surface area contributed by atoms with E-state index in [1.54, 1.807) is 0 Å². The third-order valence-electron chi connectivity index (χ3n) is 3.49. The van der Waals surface area contributed by atoms with Crippen LogP contribution in [0.3, 0.4) is 0 Å². The van der Waals surface area contributed by atoms with Crippen LogP contribution in [0.1, 0.15) is 20.8 Å². The van der Waals surface area contributed by atoms with Gasteiger partial charge in [-0.25, -0.2) is 0 Å². The van der Waals surface area contributed by atoms with E-state index in [2.05, 4.69) is 21.2 Å². The summed E-state index contributed by atoms with van der Waals surface area (Å²) in [7, 11) is 0. The largest absolute Gasteiger partial charge is 0.399 e. The third-order valence-corrected chi connectivity index (χ3v) is 3.49. The first-order valence-electron chi connectivity index (χ1n) is 7.47. The van der Waals surface area contributed by atoms with Gasteiger partial charge in [0, 0.05) is 43.1 Å². The molecule has 1 aromatic carbocycles. The number of rotatable bonds is 3. The fraction of sp³-hybridized carbons (Fsp3) is 0.562. The highest BCUT2D eigenvalue weighted by atomic mass is 16.2. The summed E-state index contributed by atoms with van der Waals surface area (Å²) in [5.74, 6) is 0.0971. The lowest BCUT2D eigenvalue weighted by atomic mass is 10.1. The zero-order valence-electron chi connectivity index (χ0n) is 13.2.